The second-order valence-corrected chi connectivity index (χ2v) is 6.80. The van der Waals surface area contributed by atoms with Gasteiger partial charge in [-0.15, -0.1) is 0 Å². The highest BCUT2D eigenvalue weighted by molar-refractivity contribution is 6.02. The van der Waals surface area contributed by atoms with E-state index in [-0.39, 0.29) is 11.6 Å². The van der Waals surface area contributed by atoms with E-state index in [1.165, 1.54) is 6.42 Å². The van der Waals surface area contributed by atoms with Gasteiger partial charge in [-0.1, -0.05) is 12.1 Å². The van der Waals surface area contributed by atoms with E-state index in [1.807, 2.05) is 36.4 Å². The topological polar surface area (TPSA) is 57.5 Å². The maximum atomic E-state index is 12.6. The lowest BCUT2D eigenvalue weighted by atomic mass is 9.86. The molecule has 0 aliphatic carbocycles. The number of benzene rings is 1. The van der Waals surface area contributed by atoms with Crippen LogP contribution in [-0.2, 0) is 6.54 Å². The number of anilines is 1. The van der Waals surface area contributed by atoms with E-state index in [0.717, 1.165) is 36.4 Å². The molecule has 5 heteroatoms. The molecule has 2 fully saturated rings. The molecular formula is C18H19N3O2. The van der Waals surface area contributed by atoms with E-state index in [9.17, 15) is 4.79 Å². The number of rotatable bonds is 2. The lowest BCUT2D eigenvalue weighted by Crippen LogP contribution is -2.64. The predicted molar refractivity (Wildman–Crippen MR) is 85.9 cm³/mol. The summed E-state index contributed by atoms with van der Waals surface area (Å²) in [7, 11) is 0. The van der Waals surface area contributed by atoms with Gasteiger partial charge in [-0.25, -0.2) is 0 Å². The Bertz CT molecular complexity index is 757. The Kier molecular flexibility index (Phi) is 2.65. The standard InChI is InChI=1S/C18H19N3O2/c22-17-14-5-1-2-6-15(14)19-18(20-17)10-12-7-8-16(18)21(12)11-13-4-3-9-23-13/h1-6,9,12,16,19H,7-8,10-11H2,(H,20,22)/t12-,16-,18+/m0/s1. The second-order valence-electron chi connectivity index (χ2n) is 6.80. The number of hydrogen-bond acceptors (Lipinski definition) is 4. The van der Waals surface area contributed by atoms with Crippen LogP contribution < -0.4 is 10.6 Å². The molecule has 118 valence electrons. The largest absolute Gasteiger partial charge is 0.468 e. The SMILES string of the molecule is O=C1N[C@@]2(C[C@@H]3CC[C@@H]2N3Cc2ccco2)Nc2ccccc21. The van der Waals surface area contributed by atoms with Crippen molar-refractivity contribution in [2.24, 2.45) is 0 Å². The molecule has 2 bridgehead atoms. The van der Waals surface area contributed by atoms with Crippen LogP contribution in [0.25, 0.3) is 0 Å². The molecule has 2 aromatic rings. The van der Waals surface area contributed by atoms with Gasteiger partial charge in [-0.05, 0) is 37.1 Å². The third-order valence-electron chi connectivity index (χ3n) is 5.55. The highest BCUT2D eigenvalue weighted by atomic mass is 16.3. The van der Waals surface area contributed by atoms with Crippen molar-refractivity contribution < 1.29 is 9.21 Å². The van der Waals surface area contributed by atoms with Crippen LogP contribution in [0.15, 0.2) is 47.1 Å². The molecule has 1 aromatic heterocycles. The average Bonchev–Trinajstić information content (AvgIpc) is 3.24. The minimum absolute atomic E-state index is 0.0323. The maximum absolute atomic E-state index is 12.6. The molecule has 23 heavy (non-hydrogen) atoms. The van der Waals surface area contributed by atoms with Gasteiger partial charge in [0.1, 0.15) is 11.4 Å². The molecule has 3 atom stereocenters. The number of carbonyl (C=O) groups is 1. The third kappa shape index (κ3) is 1.86. The van der Waals surface area contributed by atoms with Crippen molar-refractivity contribution in [3.63, 3.8) is 0 Å². The van der Waals surface area contributed by atoms with Crippen molar-refractivity contribution in [3.05, 3.63) is 54.0 Å². The van der Waals surface area contributed by atoms with Gasteiger partial charge < -0.3 is 15.1 Å². The summed E-state index contributed by atoms with van der Waals surface area (Å²) in [5.74, 6) is 1.02. The summed E-state index contributed by atoms with van der Waals surface area (Å²) in [5, 5.41) is 6.91. The average molecular weight is 309 g/mol. The minimum Gasteiger partial charge on any atom is -0.468 e. The molecule has 0 radical (unpaired) electrons. The first-order valence-corrected chi connectivity index (χ1v) is 8.23. The summed E-state index contributed by atoms with van der Waals surface area (Å²) in [4.78, 5) is 15.0. The molecule has 4 heterocycles. The van der Waals surface area contributed by atoms with Crippen molar-refractivity contribution in [2.75, 3.05) is 5.32 Å². The predicted octanol–water partition coefficient (Wildman–Crippen LogP) is 2.57. The van der Waals surface area contributed by atoms with Crippen LogP contribution >= 0.6 is 0 Å². The summed E-state index contributed by atoms with van der Waals surface area (Å²) in [6.45, 7) is 0.809. The summed E-state index contributed by atoms with van der Waals surface area (Å²) in [6.07, 6.45) is 4.95. The Morgan fingerprint density at radius 3 is 2.96 bits per heavy atom. The fourth-order valence-corrected chi connectivity index (χ4v) is 4.61. The zero-order chi connectivity index (χ0) is 15.4. The molecule has 1 aromatic carbocycles. The number of carbonyl (C=O) groups excluding carboxylic acids is 1. The van der Waals surface area contributed by atoms with Crippen molar-refractivity contribution in [2.45, 2.75) is 43.6 Å². The molecule has 2 saturated heterocycles. The van der Waals surface area contributed by atoms with Crippen molar-refractivity contribution in [3.8, 4) is 0 Å². The van der Waals surface area contributed by atoms with Gasteiger partial charge in [-0.2, -0.15) is 0 Å². The van der Waals surface area contributed by atoms with Gasteiger partial charge in [0.15, 0.2) is 0 Å². The van der Waals surface area contributed by atoms with Gasteiger partial charge in [-0.3, -0.25) is 9.69 Å². The number of hydrogen-bond donors (Lipinski definition) is 2. The smallest absolute Gasteiger partial charge is 0.255 e. The molecule has 1 spiro atoms. The molecular weight excluding hydrogens is 290 g/mol. The highest BCUT2D eigenvalue weighted by Gasteiger charge is 2.58. The number of nitrogens with one attached hydrogen (secondary N) is 2. The van der Waals surface area contributed by atoms with Gasteiger partial charge >= 0.3 is 0 Å². The Morgan fingerprint density at radius 1 is 1.17 bits per heavy atom. The molecule has 3 aliphatic rings. The van der Waals surface area contributed by atoms with E-state index in [2.05, 4.69) is 15.5 Å². The first-order valence-electron chi connectivity index (χ1n) is 8.23. The van der Waals surface area contributed by atoms with Crippen LogP contribution in [0.5, 0.6) is 0 Å². The molecule has 2 N–H and O–H groups in total. The first-order chi connectivity index (χ1) is 11.3. The normalized spacial score (nSPS) is 31.9. The van der Waals surface area contributed by atoms with Crippen molar-refractivity contribution >= 4 is 11.6 Å². The van der Waals surface area contributed by atoms with Crippen LogP contribution in [0, 0.1) is 0 Å². The van der Waals surface area contributed by atoms with Gasteiger partial charge in [0.25, 0.3) is 5.91 Å². The first kappa shape index (κ1) is 13.2. The van der Waals surface area contributed by atoms with Crippen LogP contribution in [-0.4, -0.2) is 28.6 Å². The Morgan fingerprint density at radius 2 is 2.09 bits per heavy atom. The summed E-state index contributed by atoms with van der Waals surface area (Å²) in [6, 6.07) is 12.5. The molecule has 0 saturated carbocycles. The molecule has 3 aliphatic heterocycles. The summed E-state index contributed by atoms with van der Waals surface area (Å²) < 4.78 is 5.52. The van der Waals surface area contributed by atoms with Gasteiger partial charge in [0.05, 0.1) is 24.4 Å². The highest BCUT2D eigenvalue weighted by Crippen LogP contribution is 2.47. The lowest BCUT2D eigenvalue weighted by Gasteiger charge is -2.43. The van der Waals surface area contributed by atoms with E-state index in [4.69, 9.17) is 4.42 Å². The zero-order valence-corrected chi connectivity index (χ0v) is 12.8. The fraction of sp³-hybridized carbons (Fsp3) is 0.389. The molecule has 1 amide bonds. The Labute approximate surface area is 134 Å². The van der Waals surface area contributed by atoms with Crippen molar-refractivity contribution in [1.29, 1.82) is 0 Å². The zero-order valence-electron chi connectivity index (χ0n) is 12.8. The molecule has 0 unspecified atom stereocenters. The van der Waals surface area contributed by atoms with E-state index >= 15 is 0 Å². The number of nitrogens with zero attached hydrogens (tertiary/aromatic N) is 1. The lowest BCUT2D eigenvalue weighted by molar-refractivity contribution is 0.0868. The minimum atomic E-state index is -0.346. The second kappa shape index (κ2) is 4.61. The summed E-state index contributed by atoms with van der Waals surface area (Å²) in [5.41, 5.74) is 1.33. The van der Waals surface area contributed by atoms with Crippen molar-refractivity contribution in [1.82, 2.24) is 10.2 Å². The fourth-order valence-electron chi connectivity index (χ4n) is 4.61. The van der Waals surface area contributed by atoms with Crippen LogP contribution in [0.2, 0.25) is 0 Å². The monoisotopic (exact) mass is 309 g/mol. The van der Waals surface area contributed by atoms with Crippen LogP contribution in [0.1, 0.15) is 35.4 Å². The number of fused-ring (bicyclic) bond motifs is 4. The van der Waals surface area contributed by atoms with Gasteiger partial charge in [0, 0.05) is 18.2 Å². The maximum Gasteiger partial charge on any atom is 0.255 e. The number of furan rings is 1. The number of para-hydroxylation sites is 1. The van der Waals surface area contributed by atoms with Crippen LogP contribution in [0.4, 0.5) is 5.69 Å². The van der Waals surface area contributed by atoms with Gasteiger partial charge in [0.2, 0.25) is 0 Å². The quantitative estimate of drug-likeness (QED) is 0.895. The van der Waals surface area contributed by atoms with E-state index in [0.29, 0.717) is 12.1 Å². The summed E-state index contributed by atoms with van der Waals surface area (Å²) >= 11 is 0. The third-order valence-corrected chi connectivity index (χ3v) is 5.55. The Balaban J connectivity index is 1.47. The van der Waals surface area contributed by atoms with E-state index < -0.39 is 0 Å². The number of amides is 1. The molecule has 5 rings (SSSR count). The van der Waals surface area contributed by atoms with Crippen LogP contribution in [0.3, 0.4) is 0 Å². The van der Waals surface area contributed by atoms with E-state index in [1.54, 1.807) is 6.26 Å². The Hall–Kier alpha value is -2.27. The molecule has 5 nitrogen and oxygen atoms in total.